The first-order chi connectivity index (χ1) is 11.3. The molecule has 0 aromatic rings. The minimum absolute atomic E-state index is 0.288. The SMILES string of the molecule is CCCCCCCC[C@H]1CCC[C@@H]1CCC=CC=CC(=O)OC. The quantitative estimate of drug-likeness (QED) is 0.185. The predicted octanol–water partition coefficient (Wildman–Crippen LogP) is 6.22. The Labute approximate surface area is 143 Å². The summed E-state index contributed by atoms with van der Waals surface area (Å²) in [6.07, 6.45) is 24.0. The average molecular weight is 321 g/mol. The number of unbranched alkanes of at least 4 members (excludes halogenated alkanes) is 5. The summed E-state index contributed by atoms with van der Waals surface area (Å²) in [5.41, 5.74) is 0. The fraction of sp³-hybridized carbons (Fsp3) is 0.762. The minimum atomic E-state index is -0.288. The van der Waals surface area contributed by atoms with Gasteiger partial charge in [-0.1, -0.05) is 89.4 Å². The smallest absolute Gasteiger partial charge is 0.330 e. The third-order valence-corrected chi connectivity index (χ3v) is 5.13. The van der Waals surface area contributed by atoms with E-state index in [9.17, 15) is 4.79 Å². The Morgan fingerprint density at radius 1 is 1.00 bits per heavy atom. The van der Waals surface area contributed by atoms with Crippen LogP contribution in [0.2, 0.25) is 0 Å². The van der Waals surface area contributed by atoms with Crippen molar-refractivity contribution in [2.24, 2.45) is 11.8 Å². The van der Waals surface area contributed by atoms with Crippen molar-refractivity contribution in [2.45, 2.75) is 84.0 Å². The molecule has 0 radical (unpaired) electrons. The molecule has 132 valence electrons. The molecule has 0 spiro atoms. The molecule has 1 aliphatic rings. The Bertz CT molecular complexity index is 357. The van der Waals surface area contributed by atoms with Crippen molar-refractivity contribution in [3.8, 4) is 0 Å². The average Bonchev–Trinajstić information content (AvgIpc) is 3.01. The van der Waals surface area contributed by atoms with Crippen LogP contribution in [0.5, 0.6) is 0 Å². The van der Waals surface area contributed by atoms with Gasteiger partial charge in [-0.2, -0.15) is 0 Å². The van der Waals surface area contributed by atoms with Gasteiger partial charge in [-0.25, -0.2) is 4.79 Å². The number of rotatable bonds is 12. The number of carbonyl (C=O) groups is 1. The van der Waals surface area contributed by atoms with E-state index in [0.717, 1.165) is 18.3 Å². The van der Waals surface area contributed by atoms with Gasteiger partial charge >= 0.3 is 5.97 Å². The highest BCUT2D eigenvalue weighted by molar-refractivity contribution is 5.82. The van der Waals surface area contributed by atoms with E-state index in [2.05, 4.69) is 17.7 Å². The van der Waals surface area contributed by atoms with E-state index in [1.165, 1.54) is 83.8 Å². The second-order valence-corrected chi connectivity index (χ2v) is 6.90. The number of ether oxygens (including phenoxy) is 1. The van der Waals surface area contributed by atoms with Gasteiger partial charge in [0.15, 0.2) is 0 Å². The van der Waals surface area contributed by atoms with E-state index in [0.29, 0.717) is 0 Å². The van der Waals surface area contributed by atoms with Crippen molar-refractivity contribution < 1.29 is 9.53 Å². The maximum atomic E-state index is 10.9. The summed E-state index contributed by atoms with van der Waals surface area (Å²) >= 11 is 0. The lowest BCUT2D eigenvalue weighted by Crippen LogP contribution is -2.07. The van der Waals surface area contributed by atoms with Gasteiger partial charge in [0.25, 0.3) is 0 Å². The van der Waals surface area contributed by atoms with Gasteiger partial charge in [-0.15, -0.1) is 0 Å². The summed E-state index contributed by atoms with van der Waals surface area (Å²) < 4.78 is 4.56. The molecule has 2 nitrogen and oxygen atoms in total. The molecule has 0 saturated heterocycles. The molecule has 2 heteroatoms. The topological polar surface area (TPSA) is 26.3 Å². The molecule has 0 N–H and O–H groups in total. The number of esters is 1. The molecule has 0 aromatic carbocycles. The zero-order chi connectivity index (χ0) is 16.8. The van der Waals surface area contributed by atoms with Crippen LogP contribution in [0.4, 0.5) is 0 Å². The van der Waals surface area contributed by atoms with Crippen LogP contribution in [0.1, 0.15) is 84.0 Å². The first kappa shape index (κ1) is 20.0. The lowest BCUT2D eigenvalue weighted by Gasteiger charge is -2.18. The summed E-state index contributed by atoms with van der Waals surface area (Å²) in [6.45, 7) is 2.28. The third-order valence-electron chi connectivity index (χ3n) is 5.13. The Morgan fingerprint density at radius 3 is 2.43 bits per heavy atom. The largest absolute Gasteiger partial charge is 0.466 e. The molecule has 1 aliphatic carbocycles. The van der Waals surface area contributed by atoms with Crippen molar-refractivity contribution in [3.63, 3.8) is 0 Å². The maximum absolute atomic E-state index is 10.9. The Kier molecular flexibility index (Phi) is 11.6. The van der Waals surface area contributed by atoms with E-state index in [1.807, 2.05) is 6.08 Å². The number of methoxy groups -OCH3 is 1. The molecule has 0 aromatic heterocycles. The highest BCUT2D eigenvalue weighted by Gasteiger charge is 2.25. The normalized spacial score (nSPS) is 21.5. The van der Waals surface area contributed by atoms with Crippen molar-refractivity contribution in [1.82, 2.24) is 0 Å². The van der Waals surface area contributed by atoms with E-state index < -0.39 is 0 Å². The molecule has 1 rings (SSSR count). The number of carbonyl (C=O) groups excluding carboxylic acids is 1. The zero-order valence-electron chi connectivity index (χ0n) is 15.3. The molecule has 0 amide bonds. The highest BCUT2D eigenvalue weighted by atomic mass is 16.5. The van der Waals surface area contributed by atoms with Crippen LogP contribution in [0.25, 0.3) is 0 Å². The lowest BCUT2D eigenvalue weighted by atomic mass is 9.87. The summed E-state index contributed by atoms with van der Waals surface area (Å²) in [4.78, 5) is 10.9. The monoisotopic (exact) mass is 320 g/mol. The minimum Gasteiger partial charge on any atom is -0.466 e. The van der Waals surface area contributed by atoms with Gasteiger partial charge in [0.05, 0.1) is 7.11 Å². The fourth-order valence-electron chi connectivity index (χ4n) is 3.75. The van der Waals surface area contributed by atoms with E-state index >= 15 is 0 Å². The second-order valence-electron chi connectivity index (χ2n) is 6.90. The predicted molar refractivity (Wildman–Crippen MR) is 98.4 cm³/mol. The van der Waals surface area contributed by atoms with Crippen molar-refractivity contribution >= 4 is 5.97 Å². The summed E-state index contributed by atoms with van der Waals surface area (Å²) in [7, 11) is 1.40. The summed E-state index contributed by atoms with van der Waals surface area (Å²) in [5.74, 6) is 1.62. The highest BCUT2D eigenvalue weighted by Crippen LogP contribution is 2.38. The first-order valence-corrected chi connectivity index (χ1v) is 9.69. The van der Waals surface area contributed by atoms with Crippen LogP contribution in [0.3, 0.4) is 0 Å². The zero-order valence-corrected chi connectivity index (χ0v) is 15.3. The molecule has 0 bridgehead atoms. The molecule has 2 atom stereocenters. The van der Waals surface area contributed by atoms with Crippen LogP contribution in [-0.2, 0) is 9.53 Å². The molecule has 0 aliphatic heterocycles. The van der Waals surface area contributed by atoms with Gasteiger partial charge in [0.2, 0.25) is 0 Å². The van der Waals surface area contributed by atoms with Gasteiger partial charge in [-0.3, -0.25) is 0 Å². The van der Waals surface area contributed by atoms with Crippen LogP contribution < -0.4 is 0 Å². The van der Waals surface area contributed by atoms with E-state index in [1.54, 1.807) is 6.08 Å². The lowest BCUT2D eigenvalue weighted by molar-refractivity contribution is -0.134. The Hall–Kier alpha value is -1.05. The van der Waals surface area contributed by atoms with Crippen LogP contribution in [-0.4, -0.2) is 13.1 Å². The Balaban J connectivity index is 2.11. The van der Waals surface area contributed by atoms with Gasteiger partial charge < -0.3 is 4.74 Å². The fourth-order valence-corrected chi connectivity index (χ4v) is 3.75. The van der Waals surface area contributed by atoms with Gasteiger partial charge in [0.1, 0.15) is 0 Å². The van der Waals surface area contributed by atoms with Gasteiger partial charge in [0, 0.05) is 6.08 Å². The van der Waals surface area contributed by atoms with Crippen LogP contribution in [0, 0.1) is 11.8 Å². The standard InChI is InChI=1S/C21H36O2/c1-3-4-5-6-7-10-14-19-16-13-17-20(19)15-11-8-9-12-18-21(22)23-2/h8-9,12,18-20H,3-7,10-11,13-17H2,1-2H3/t19-,20-/m0/s1. The molecule has 0 unspecified atom stereocenters. The molecule has 0 heterocycles. The molecule has 1 saturated carbocycles. The summed E-state index contributed by atoms with van der Waals surface area (Å²) in [5, 5.41) is 0. The number of allylic oxidation sites excluding steroid dienone is 3. The first-order valence-electron chi connectivity index (χ1n) is 9.69. The van der Waals surface area contributed by atoms with Crippen LogP contribution in [0.15, 0.2) is 24.3 Å². The molecular weight excluding hydrogens is 284 g/mol. The van der Waals surface area contributed by atoms with Crippen LogP contribution >= 0.6 is 0 Å². The van der Waals surface area contributed by atoms with Gasteiger partial charge in [-0.05, 0) is 24.7 Å². The van der Waals surface area contributed by atoms with Crippen molar-refractivity contribution in [1.29, 1.82) is 0 Å². The number of hydrogen-bond acceptors (Lipinski definition) is 2. The number of hydrogen-bond donors (Lipinski definition) is 0. The van der Waals surface area contributed by atoms with E-state index in [-0.39, 0.29) is 5.97 Å². The molecular formula is C21H36O2. The molecule has 1 fully saturated rings. The molecule has 23 heavy (non-hydrogen) atoms. The van der Waals surface area contributed by atoms with Crippen molar-refractivity contribution in [3.05, 3.63) is 24.3 Å². The maximum Gasteiger partial charge on any atom is 0.330 e. The van der Waals surface area contributed by atoms with E-state index in [4.69, 9.17) is 0 Å². The second kappa shape index (κ2) is 13.4. The summed E-state index contributed by atoms with van der Waals surface area (Å²) in [6, 6.07) is 0. The van der Waals surface area contributed by atoms with Crippen molar-refractivity contribution in [2.75, 3.05) is 7.11 Å². The third kappa shape index (κ3) is 9.63. The Morgan fingerprint density at radius 2 is 1.70 bits per heavy atom.